The van der Waals surface area contributed by atoms with Gasteiger partial charge in [0, 0.05) is 0 Å². The van der Waals surface area contributed by atoms with Gasteiger partial charge in [-0.1, -0.05) is 18.2 Å². The second-order valence-electron chi connectivity index (χ2n) is 4.06. The summed E-state index contributed by atoms with van der Waals surface area (Å²) in [5.41, 5.74) is 0.437. The molecule has 0 N–H and O–H groups in total. The molecule has 1 aromatic carbocycles. The predicted octanol–water partition coefficient (Wildman–Crippen LogP) is 0.932. The topological polar surface area (TPSA) is 81.7 Å². The van der Waals surface area contributed by atoms with Gasteiger partial charge in [-0.05, 0) is 12.1 Å². The van der Waals surface area contributed by atoms with E-state index in [-0.39, 0.29) is 19.6 Å². The molecule has 2 atom stereocenters. The maximum absolute atomic E-state index is 11.6. The molecule has 1 heterocycles. The Morgan fingerprint density at radius 3 is 2.68 bits per heavy atom. The van der Waals surface area contributed by atoms with Gasteiger partial charge in [0.05, 0.1) is 24.7 Å². The van der Waals surface area contributed by atoms with Crippen LogP contribution in [0.3, 0.4) is 0 Å². The zero-order chi connectivity index (χ0) is 13.7. The summed E-state index contributed by atoms with van der Waals surface area (Å²) in [7, 11) is 0. The van der Waals surface area contributed by atoms with Gasteiger partial charge >= 0.3 is 11.9 Å². The highest BCUT2D eigenvalue weighted by Gasteiger charge is 2.29. The average molecular weight is 265 g/mol. The van der Waals surface area contributed by atoms with Gasteiger partial charge in [0.2, 0.25) is 0 Å². The van der Waals surface area contributed by atoms with Gasteiger partial charge < -0.3 is 14.2 Å². The Bertz CT molecular complexity index is 444. The molecule has 6 heteroatoms. The van der Waals surface area contributed by atoms with Crippen LogP contribution in [0, 0.1) is 0 Å². The number of esters is 1. The molecular formula is C13H13O6. The van der Waals surface area contributed by atoms with Crippen LogP contribution in [0.2, 0.25) is 0 Å². The predicted molar refractivity (Wildman–Crippen MR) is 61.6 cm³/mol. The lowest BCUT2D eigenvalue weighted by molar-refractivity contribution is -0.147. The second kappa shape index (κ2) is 6.31. The van der Waals surface area contributed by atoms with Gasteiger partial charge in [-0.2, -0.15) is 0 Å². The fourth-order valence-electron chi connectivity index (χ4n) is 1.69. The molecule has 0 saturated carbocycles. The van der Waals surface area contributed by atoms with Crippen LogP contribution in [-0.2, 0) is 24.1 Å². The monoisotopic (exact) mass is 265 g/mol. The fraction of sp³-hybridized carbons (Fsp3) is 0.385. The van der Waals surface area contributed by atoms with Crippen LogP contribution in [-0.4, -0.2) is 37.5 Å². The molecule has 1 aliphatic heterocycles. The fourth-order valence-corrected chi connectivity index (χ4v) is 1.69. The van der Waals surface area contributed by atoms with E-state index in [1.807, 2.05) is 0 Å². The third-order valence-corrected chi connectivity index (χ3v) is 2.57. The van der Waals surface area contributed by atoms with Crippen molar-refractivity contribution >= 4 is 11.9 Å². The molecule has 2 rings (SSSR count). The summed E-state index contributed by atoms with van der Waals surface area (Å²) < 4.78 is 15.4. The van der Waals surface area contributed by atoms with E-state index < -0.39 is 24.3 Å². The summed E-state index contributed by atoms with van der Waals surface area (Å²) in [6.07, 6.45) is -1.51. The Morgan fingerprint density at radius 1 is 1.26 bits per heavy atom. The molecule has 1 fully saturated rings. The Morgan fingerprint density at radius 2 is 2.00 bits per heavy atom. The van der Waals surface area contributed by atoms with Crippen molar-refractivity contribution in [3.05, 3.63) is 35.9 Å². The Kier molecular flexibility index (Phi) is 4.48. The van der Waals surface area contributed by atoms with E-state index >= 15 is 0 Å². The third-order valence-electron chi connectivity index (χ3n) is 2.57. The second-order valence-corrected chi connectivity index (χ2v) is 4.06. The summed E-state index contributed by atoms with van der Waals surface area (Å²) in [6, 6.07) is 8.53. The first kappa shape index (κ1) is 13.5. The zero-order valence-electron chi connectivity index (χ0n) is 10.1. The van der Waals surface area contributed by atoms with Crippen LogP contribution in [0.4, 0.5) is 0 Å². The van der Waals surface area contributed by atoms with Crippen molar-refractivity contribution in [3.8, 4) is 0 Å². The number of hydrogen-bond acceptors (Lipinski definition) is 5. The number of benzene rings is 1. The normalized spacial score (nSPS) is 22.1. The number of hydrogen-bond donors (Lipinski definition) is 0. The molecule has 0 aromatic heterocycles. The number of rotatable bonds is 5. The quantitative estimate of drug-likeness (QED) is 0.740. The first-order valence-electron chi connectivity index (χ1n) is 5.84. The lowest BCUT2D eigenvalue weighted by Gasteiger charge is -2.10. The van der Waals surface area contributed by atoms with E-state index in [4.69, 9.17) is 14.2 Å². The number of carbonyl (C=O) groups excluding carboxylic acids is 2. The van der Waals surface area contributed by atoms with Crippen molar-refractivity contribution in [3.63, 3.8) is 0 Å². The third kappa shape index (κ3) is 4.04. The molecule has 0 spiro atoms. The van der Waals surface area contributed by atoms with E-state index in [1.165, 1.54) is 0 Å². The van der Waals surface area contributed by atoms with Crippen LogP contribution < -0.4 is 0 Å². The molecule has 1 saturated heterocycles. The van der Waals surface area contributed by atoms with E-state index in [1.54, 1.807) is 30.3 Å². The summed E-state index contributed by atoms with van der Waals surface area (Å²) in [5, 5.41) is 10.4. The van der Waals surface area contributed by atoms with Crippen LogP contribution in [0.15, 0.2) is 30.3 Å². The number of carbonyl (C=O) groups is 2. The molecule has 0 amide bonds. The Balaban J connectivity index is 1.75. The highest BCUT2D eigenvalue weighted by molar-refractivity contribution is 5.89. The Hall–Kier alpha value is -1.92. The van der Waals surface area contributed by atoms with Gasteiger partial charge in [-0.15, -0.1) is 0 Å². The molecule has 0 bridgehead atoms. The standard InChI is InChI=1S/C13H13O6/c14-11(15)6-10-7-17-12(19-10)8-18-13(16)9-4-2-1-3-5-9/h1-5,10,12H,6-8H2/t10?,12-/m1/s1. The lowest BCUT2D eigenvalue weighted by atomic mass is 10.2. The largest absolute Gasteiger partial charge is 0.457 e. The molecule has 0 aliphatic carbocycles. The van der Waals surface area contributed by atoms with Crippen LogP contribution >= 0.6 is 0 Å². The van der Waals surface area contributed by atoms with E-state index in [9.17, 15) is 14.7 Å². The van der Waals surface area contributed by atoms with Crippen molar-refractivity contribution in [2.45, 2.75) is 18.8 Å². The van der Waals surface area contributed by atoms with Crippen molar-refractivity contribution < 1.29 is 28.9 Å². The lowest BCUT2D eigenvalue weighted by Crippen LogP contribution is -2.21. The molecule has 1 aromatic rings. The molecule has 6 nitrogen and oxygen atoms in total. The van der Waals surface area contributed by atoms with Gasteiger partial charge in [0.15, 0.2) is 6.29 Å². The summed E-state index contributed by atoms with van der Waals surface area (Å²) in [5.74, 6) is -1.67. The van der Waals surface area contributed by atoms with Crippen molar-refractivity contribution in [1.82, 2.24) is 0 Å². The highest BCUT2D eigenvalue weighted by atomic mass is 16.7. The smallest absolute Gasteiger partial charge is 0.358 e. The molecular weight excluding hydrogens is 252 g/mol. The van der Waals surface area contributed by atoms with Gasteiger partial charge in [0.25, 0.3) is 0 Å². The van der Waals surface area contributed by atoms with Gasteiger partial charge in [-0.25, -0.2) is 14.7 Å². The minimum absolute atomic E-state index is 0.0721. The molecule has 1 radical (unpaired) electrons. The SMILES string of the molecule is [O]C(=O)CC1CO[C@@H](COC(=O)c2ccccc2)O1. The van der Waals surface area contributed by atoms with E-state index in [2.05, 4.69) is 0 Å². The summed E-state index contributed by atoms with van der Waals surface area (Å²) >= 11 is 0. The maximum Gasteiger partial charge on any atom is 0.358 e. The average Bonchev–Trinajstić information content (AvgIpc) is 2.84. The van der Waals surface area contributed by atoms with Crippen molar-refractivity contribution in [1.29, 1.82) is 0 Å². The first-order valence-corrected chi connectivity index (χ1v) is 5.84. The van der Waals surface area contributed by atoms with Gasteiger partial charge in [0.1, 0.15) is 6.61 Å². The van der Waals surface area contributed by atoms with E-state index in [0.717, 1.165) is 0 Å². The minimum Gasteiger partial charge on any atom is -0.457 e. The van der Waals surface area contributed by atoms with Crippen LogP contribution in [0.25, 0.3) is 0 Å². The summed E-state index contributed by atoms with van der Waals surface area (Å²) in [6.45, 7) is 0.0822. The maximum atomic E-state index is 11.6. The first-order chi connectivity index (χ1) is 9.15. The summed E-state index contributed by atoms with van der Waals surface area (Å²) in [4.78, 5) is 22.0. The highest BCUT2D eigenvalue weighted by Crippen LogP contribution is 2.15. The molecule has 101 valence electrons. The minimum atomic E-state index is -1.20. The van der Waals surface area contributed by atoms with Crippen LogP contribution in [0.5, 0.6) is 0 Å². The molecule has 1 unspecified atom stereocenters. The number of ether oxygens (including phenoxy) is 3. The molecule has 1 aliphatic rings. The van der Waals surface area contributed by atoms with Gasteiger partial charge in [-0.3, -0.25) is 0 Å². The zero-order valence-corrected chi connectivity index (χ0v) is 10.1. The van der Waals surface area contributed by atoms with E-state index in [0.29, 0.717) is 5.56 Å². The Labute approximate surface area is 109 Å². The van der Waals surface area contributed by atoms with Crippen molar-refractivity contribution in [2.24, 2.45) is 0 Å². The van der Waals surface area contributed by atoms with Crippen molar-refractivity contribution in [2.75, 3.05) is 13.2 Å². The molecule has 19 heavy (non-hydrogen) atoms. The van der Waals surface area contributed by atoms with Crippen LogP contribution in [0.1, 0.15) is 16.8 Å².